The molecule has 2 fully saturated rings. The molecule has 112 valence electrons. The van der Waals surface area contributed by atoms with Crippen LogP contribution in [0.2, 0.25) is 0 Å². The van der Waals surface area contributed by atoms with Gasteiger partial charge in [-0.1, -0.05) is 12.1 Å². The number of urea groups is 1. The van der Waals surface area contributed by atoms with Crippen LogP contribution in [0.15, 0.2) is 24.3 Å². The highest BCUT2D eigenvalue weighted by atomic mass is 16.5. The van der Waals surface area contributed by atoms with Crippen molar-refractivity contribution >= 4 is 17.6 Å². The van der Waals surface area contributed by atoms with Gasteiger partial charge in [-0.15, -0.1) is 0 Å². The van der Waals surface area contributed by atoms with E-state index in [9.17, 15) is 9.59 Å². The number of amides is 3. The lowest BCUT2D eigenvalue weighted by atomic mass is 10.1. The molecule has 0 bridgehead atoms. The highest BCUT2D eigenvalue weighted by molar-refractivity contribution is 6.21. The van der Waals surface area contributed by atoms with Crippen LogP contribution < -0.4 is 15.1 Å². The van der Waals surface area contributed by atoms with Crippen LogP contribution in [0, 0.1) is 0 Å². The van der Waals surface area contributed by atoms with Crippen molar-refractivity contribution in [2.45, 2.75) is 19.5 Å². The van der Waals surface area contributed by atoms with E-state index < -0.39 is 6.04 Å². The van der Waals surface area contributed by atoms with E-state index in [1.54, 1.807) is 6.92 Å². The third-order valence-electron chi connectivity index (χ3n) is 3.98. The summed E-state index contributed by atoms with van der Waals surface area (Å²) in [5.41, 5.74) is 1.83. The Morgan fingerprint density at radius 2 is 1.90 bits per heavy atom. The second kappa shape index (κ2) is 5.83. The van der Waals surface area contributed by atoms with Crippen molar-refractivity contribution in [3.63, 3.8) is 0 Å². The first kappa shape index (κ1) is 14.0. The summed E-state index contributed by atoms with van der Waals surface area (Å²) < 4.78 is 5.35. The zero-order chi connectivity index (χ0) is 14.8. The number of imide groups is 1. The quantitative estimate of drug-likeness (QED) is 0.741. The number of rotatable bonds is 3. The number of nitrogens with zero attached hydrogens (tertiary/aromatic N) is 1. The van der Waals surface area contributed by atoms with Gasteiger partial charge in [0.2, 0.25) is 0 Å². The summed E-state index contributed by atoms with van der Waals surface area (Å²) in [6.07, 6.45) is 0. The second-order valence-corrected chi connectivity index (χ2v) is 5.55. The number of ether oxygens (including phenoxy) is 1. The highest BCUT2D eigenvalue weighted by Crippen LogP contribution is 2.19. The second-order valence-electron chi connectivity index (χ2n) is 5.55. The summed E-state index contributed by atoms with van der Waals surface area (Å²) in [5.74, 6) is -0.202. The molecule has 3 rings (SSSR count). The smallest absolute Gasteiger partial charge is 0.329 e. The minimum atomic E-state index is -0.449. The SMILES string of the molecule is C[C@@H]1NC(=O)N(c2ccc(C[NH+]3CCOCC3)cc2)C1=O. The molecular formula is C15H20N3O3+. The Morgan fingerprint density at radius 3 is 2.48 bits per heavy atom. The number of carbonyl (C=O) groups excluding carboxylic acids is 2. The van der Waals surface area contributed by atoms with Crippen molar-refractivity contribution in [2.75, 3.05) is 31.2 Å². The van der Waals surface area contributed by atoms with Crippen LogP contribution in [0.4, 0.5) is 10.5 Å². The molecule has 0 aliphatic carbocycles. The molecule has 0 radical (unpaired) electrons. The largest absolute Gasteiger partial charge is 0.370 e. The van der Waals surface area contributed by atoms with Crippen molar-refractivity contribution in [3.8, 4) is 0 Å². The first-order chi connectivity index (χ1) is 10.1. The Balaban J connectivity index is 1.69. The fraction of sp³-hybridized carbons (Fsp3) is 0.467. The van der Waals surface area contributed by atoms with Crippen LogP contribution >= 0.6 is 0 Å². The molecule has 6 heteroatoms. The van der Waals surface area contributed by atoms with E-state index in [1.165, 1.54) is 15.4 Å². The van der Waals surface area contributed by atoms with Crippen molar-refractivity contribution < 1.29 is 19.2 Å². The van der Waals surface area contributed by atoms with E-state index in [-0.39, 0.29) is 11.9 Å². The van der Waals surface area contributed by atoms with Gasteiger partial charge in [-0.2, -0.15) is 0 Å². The maximum absolute atomic E-state index is 11.9. The predicted octanol–water partition coefficient (Wildman–Crippen LogP) is -0.454. The Hall–Kier alpha value is -1.92. The molecule has 0 spiro atoms. The van der Waals surface area contributed by atoms with Gasteiger partial charge in [0.25, 0.3) is 5.91 Å². The van der Waals surface area contributed by atoms with Gasteiger partial charge in [-0.25, -0.2) is 9.69 Å². The fourth-order valence-electron chi connectivity index (χ4n) is 2.74. The number of benzene rings is 1. The van der Waals surface area contributed by atoms with Gasteiger partial charge in [-0.05, 0) is 19.1 Å². The Labute approximate surface area is 123 Å². The number of hydrogen-bond donors (Lipinski definition) is 2. The van der Waals surface area contributed by atoms with Gasteiger partial charge >= 0.3 is 6.03 Å². The zero-order valence-electron chi connectivity index (χ0n) is 12.1. The third kappa shape index (κ3) is 2.91. The van der Waals surface area contributed by atoms with E-state index in [1.807, 2.05) is 24.3 Å². The number of quaternary nitrogens is 1. The van der Waals surface area contributed by atoms with Gasteiger partial charge in [0, 0.05) is 5.56 Å². The summed E-state index contributed by atoms with van der Waals surface area (Å²) >= 11 is 0. The number of morpholine rings is 1. The van der Waals surface area contributed by atoms with E-state index in [0.29, 0.717) is 5.69 Å². The van der Waals surface area contributed by atoms with Crippen molar-refractivity contribution in [1.82, 2.24) is 5.32 Å². The van der Waals surface area contributed by atoms with Gasteiger partial charge in [0.15, 0.2) is 0 Å². The maximum atomic E-state index is 11.9. The van der Waals surface area contributed by atoms with E-state index in [2.05, 4.69) is 5.32 Å². The van der Waals surface area contributed by atoms with Gasteiger partial charge in [0.1, 0.15) is 25.7 Å². The molecule has 2 aliphatic heterocycles. The summed E-state index contributed by atoms with van der Waals surface area (Å²) in [6, 6.07) is 6.85. The van der Waals surface area contributed by atoms with Crippen LogP contribution in [-0.2, 0) is 16.1 Å². The van der Waals surface area contributed by atoms with Crippen molar-refractivity contribution in [3.05, 3.63) is 29.8 Å². The van der Waals surface area contributed by atoms with E-state index in [4.69, 9.17) is 4.74 Å². The van der Waals surface area contributed by atoms with Gasteiger partial charge < -0.3 is 15.0 Å². The monoisotopic (exact) mass is 290 g/mol. The molecule has 2 N–H and O–H groups in total. The number of anilines is 1. The van der Waals surface area contributed by atoms with Crippen LogP contribution in [0.3, 0.4) is 0 Å². The molecule has 1 aromatic carbocycles. The Kier molecular flexibility index (Phi) is 3.90. The normalized spacial score (nSPS) is 23.5. The van der Waals surface area contributed by atoms with Gasteiger partial charge in [0.05, 0.1) is 18.9 Å². The number of carbonyl (C=O) groups is 2. The lowest BCUT2D eigenvalue weighted by Gasteiger charge is -2.24. The number of nitrogens with one attached hydrogen (secondary N) is 2. The van der Waals surface area contributed by atoms with Crippen LogP contribution in [-0.4, -0.2) is 44.3 Å². The summed E-state index contributed by atoms with van der Waals surface area (Å²) in [6.45, 7) is 6.30. The Morgan fingerprint density at radius 1 is 1.24 bits per heavy atom. The van der Waals surface area contributed by atoms with Crippen molar-refractivity contribution in [1.29, 1.82) is 0 Å². The molecule has 2 aliphatic rings. The number of hydrogen-bond acceptors (Lipinski definition) is 3. The standard InChI is InChI=1S/C15H19N3O3/c1-11-14(19)18(15(20)16-11)13-4-2-12(3-5-13)10-17-6-8-21-9-7-17/h2-5,11H,6-10H2,1H3,(H,16,20)/p+1/t11-/m0/s1. The van der Waals surface area contributed by atoms with Gasteiger partial charge in [-0.3, -0.25) is 4.79 Å². The van der Waals surface area contributed by atoms with Crippen LogP contribution in [0.5, 0.6) is 0 Å². The van der Waals surface area contributed by atoms with Crippen LogP contribution in [0.25, 0.3) is 0 Å². The third-order valence-corrected chi connectivity index (χ3v) is 3.98. The molecule has 0 saturated carbocycles. The lowest BCUT2D eigenvalue weighted by Crippen LogP contribution is -3.12. The molecule has 1 aromatic rings. The highest BCUT2D eigenvalue weighted by Gasteiger charge is 2.36. The molecular weight excluding hydrogens is 270 g/mol. The molecule has 1 atom stereocenters. The molecule has 6 nitrogen and oxygen atoms in total. The molecule has 21 heavy (non-hydrogen) atoms. The minimum absolute atomic E-state index is 0.202. The summed E-state index contributed by atoms with van der Waals surface area (Å²) in [4.78, 5) is 26.4. The fourth-order valence-corrected chi connectivity index (χ4v) is 2.74. The first-order valence-electron chi connectivity index (χ1n) is 7.30. The van der Waals surface area contributed by atoms with Crippen LogP contribution in [0.1, 0.15) is 12.5 Å². The molecule has 0 aromatic heterocycles. The maximum Gasteiger partial charge on any atom is 0.329 e. The lowest BCUT2D eigenvalue weighted by molar-refractivity contribution is -0.921. The molecule has 0 unspecified atom stereocenters. The van der Waals surface area contributed by atoms with E-state index in [0.717, 1.165) is 32.8 Å². The average molecular weight is 290 g/mol. The first-order valence-corrected chi connectivity index (χ1v) is 7.30. The average Bonchev–Trinajstić information content (AvgIpc) is 2.74. The molecule has 2 heterocycles. The summed E-state index contributed by atoms with van der Waals surface area (Å²) in [5, 5.41) is 2.61. The van der Waals surface area contributed by atoms with E-state index >= 15 is 0 Å². The van der Waals surface area contributed by atoms with Crippen molar-refractivity contribution in [2.24, 2.45) is 0 Å². The zero-order valence-corrected chi connectivity index (χ0v) is 12.1. The molecule has 2 saturated heterocycles. The molecule has 3 amide bonds. The Bertz CT molecular complexity index is 538. The predicted molar refractivity (Wildman–Crippen MR) is 77.1 cm³/mol. The topological polar surface area (TPSA) is 63.1 Å². The minimum Gasteiger partial charge on any atom is -0.370 e. The summed E-state index contributed by atoms with van der Waals surface area (Å²) in [7, 11) is 0.